The molecule has 2 aromatic carbocycles. The number of halogens is 1. The second kappa shape index (κ2) is 7.05. The summed E-state index contributed by atoms with van der Waals surface area (Å²) in [4.78, 5) is 27.6. The normalized spacial score (nSPS) is 10.9. The Kier molecular flexibility index (Phi) is 4.43. The summed E-state index contributed by atoms with van der Waals surface area (Å²) in [5, 5.41) is 13.7. The first kappa shape index (κ1) is 17.0. The lowest BCUT2D eigenvalue weighted by atomic mass is 10.2. The van der Waals surface area contributed by atoms with E-state index in [1.807, 2.05) is 6.07 Å². The molecule has 0 saturated heterocycles. The largest absolute Gasteiger partial charge is 0.478 e. The van der Waals surface area contributed by atoms with Crippen molar-refractivity contribution in [2.24, 2.45) is 0 Å². The van der Waals surface area contributed by atoms with Crippen molar-refractivity contribution in [3.8, 4) is 0 Å². The smallest absolute Gasteiger partial charge is 0.335 e. The van der Waals surface area contributed by atoms with Crippen LogP contribution in [0.3, 0.4) is 0 Å². The quantitative estimate of drug-likeness (QED) is 0.483. The monoisotopic (exact) mass is 379 g/mol. The number of aromatic amines is 1. The number of carboxylic acids is 1. The number of anilines is 2. The van der Waals surface area contributed by atoms with Crippen LogP contribution in [0.2, 0.25) is 5.02 Å². The van der Waals surface area contributed by atoms with E-state index in [1.54, 1.807) is 42.7 Å². The van der Waals surface area contributed by atoms with Crippen LogP contribution in [0.4, 0.5) is 11.5 Å². The van der Waals surface area contributed by atoms with Crippen molar-refractivity contribution in [2.75, 3.05) is 5.32 Å². The molecule has 7 nitrogen and oxygen atoms in total. The van der Waals surface area contributed by atoms with Gasteiger partial charge in [-0.05, 0) is 36.4 Å². The van der Waals surface area contributed by atoms with Gasteiger partial charge < -0.3 is 15.4 Å². The molecular weight excluding hydrogens is 366 g/mol. The number of imidazole rings is 1. The molecule has 3 N–H and O–H groups in total. The van der Waals surface area contributed by atoms with Gasteiger partial charge in [0.05, 0.1) is 17.5 Å². The lowest BCUT2D eigenvalue weighted by Crippen LogP contribution is -2.04. The van der Waals surface area contributed by atoms with Gasteiger partial charge in [-0.3, -0.25) is 0 Å². The Morgan fingerprint density at radius 3 is 2.85 bits per heavy atom. The SMILES string of the molecule is O=C(O)c1cccc(Nc2nc(Cc3ncc[nH]3)nc3ccc(Cl)cc23)c1. The van der Waals surface area contributed by atoms with Gasteiger partial charge in [0, 0.05) is 28.5 Å². The van der Waals surface area contributed by atoms with Crippen molar-refractivity contribution in [2.45, 2.75) is 6.42 Å². The van der Waals surface area contributed by atoms with Crippen LogP contribution in [0.1, 0.15) is 22.0 Å². The van der Waals surface area contributed by atoms with Crippen LogP contribution >= 0.6 is 11.6 Å². The maximum Gasteiger partial charge on any atom is 0.335 e. The molecule has 0 bridgehead atoms. The Morgan fingerprint density at radius 1 is 1.19 bits per heavy atom. The third-order valence-corrected chi connectivity index (χ3v) is 4.19. The van der Waals surface area contributed by atoms with Crippen molar-refractivity contribution >= 4 is 40.0 Å². The molecule has 0 aliphatic carbocycles. The molecule has 4 rings (SSSR count). The Morgan fingerprint density at radius 2 is 2.07 bits per heavy atom. The zero-order valence-electron chi connectivity index (χ0n) is 14.0. The molecule has 0 fully saturated rings. The van der Waals surface area contributed by atoms with E-state index in [2.05, 4.69) is 25.3 Å². The second-order valence-corrected chi connectivity index (χ2v) is 6.31. The molecule has 4 aromatic rings. The minimum Gasteiger partial charge on any atom is -0.478 e. The van der Waals surface area contributed by atoms with Gasteiger partial charge in [-0.25, -0.2) is 19.7 Å². The van der Waals surface area contributed by atoms with Crippen molar-refractivity contribution in [1.82, 2.24) is 19.9 Å². The first-order valence-electron chi connectivity index (χ1n) is 8.13. The number of aromatic carboxylic acids is 1. The lowest BCUT2D eigenvalue weighted by Gasteiger charge is -2.11. The van der Waals surface area contributed by atoms with Gasteiger partial charge in [0.25, 0.3) is 0 Å². The number of nitrogens with one attached hydrogen (secondary N) is 2. The molecule has 2 aromatic heterocycles. The molecule has 0 spiro atoms. The molecule has 0 aliphatic heterocycles. The number of hydrogen-bond donors (Lipinski definition) is 3. The van der Waals surface area contributed by atoms with Crippen LogP contribution in [0.15, 0.2) is 54.9 Å². The van der Waals surface area contributed by atoms with Crippen LogP contribution in [-0.4, -0.2) is 31.0 Å². The summed E-state index contributed by atoms with van der Waals surface area (Å²) in [5.74, 6) is 0.887. The maximum absolute atomic E-state index is 11.2. The van der Waals surface area contributed by atoms with Crippen LogP contribution in [-0.2, 0) is 6.42 Å². The molecule has 0 radical (unpaired) electrons. The minimum atomic E-state index is -0.993. The average molecular weight is 380 g/mol. The van der Waals surface area contributed by atoms with E-state index >= 15 is 0 Å². The zero-order valence-corrected chi connectivity index (χ0v) is 14.7. The Balaban J connectivity index is 1.78. The fraction of sp³-hybridized carbons (Fsp3) is 0.0526. The highest BCUT2D eigenvalue weighted by atomic mass is 35.5. The van der Waals surface area contributed by atoms with Gasteiger partial charge in [-0.1, -0.05) is 17.7 Å². The van der Waals surface area contributed by atoms with Crippen molar-refractivity contribution in [3.63, 3.8) is 0 Å². The highest BCUT2D eigenvalue weighted by Gasteiger charge is 2.11. The zero-order chi connectivity index (χ0) is 18.8. The van der Waals surface area contributed by atoms with E-state index in [0.717, 1.165) is 16.7 Å². The first-order chi connectivity index (χ1) is 13.1. The second-order valence-electron chi connectivity index (χ2n) is 5.87. The number of aromatic nitrogens is 4. The molecule has 2 heterocycles. The summed E-state index contributed by atoms with van der Waals surface area (Å²) in [5.41, 5.74) is 1.53. The maximum atomic E-state index is 11.2. The molecule has 0 aliphatic rings. The van der Waals surface area contributed by atoms with Gasteiger partial charge in [0.2, 0.25) is 0 Å². The molecular formula is C19H14ClN5O2. The molecule has 134 valence electrons. The summed E-state index contributed by atoms with van der Waals surface area (Å²) >= 11 is 6.14. The predicted octanol–water partition coefficient (Wildman–Crippen LogP) is 4.04. The summed E-state index contributed by atoms with van der Waals surface area (Å²) in [6.45, 7) is 0. The molecule has 0 saturated carbocycles. The van der Waals surface area contributed by atoms with Gasteiger partial charge in [0.15, 0.2) is 0 Å². The third kappa shape index (κ3) is 3.73. The number of carboxylic acid groups (broad SMARTS) is 1. The molecule has 0 atom stereocenters. The molecule has 8 heteroatoms. The van der Waals surface area contributed by atoms with Gasteiger partial charge in [-0.2, -0.15) is 0 Å². The number of hydrogen-bond acceptors (Lipinski definition) is 5. The summed E-state index contributed by atoms with van der Waals surface area (Å²) in [7, 11) is 0. The summed E-state index contributed by atoms with van der Waals surface area (Å²) in [6.07, 6.45) is 3.86. The Labute approximate surface area is 159 Å². The van der Waals surface area contributed by atoms with E-state index in [-0.39, 0.29) is 5.56 Å². The Bertz CT molecular complexity index is 1130. The fourth-order valence-electron chi connectivity index (χ4n) is 2.73. The van der Waals surface area contributed by atoms with Crippen molar-refractivity contribution in [3.05, 3.63) is 77.1 Å². The van der Waals surface area contributed by atoms with Crippen LogP contribution in [0.5, 0.6) is 0 Å². The highest BCUT2D eigenvalue weighted by Crippen LogP contribution is 2.27. The lowest BCUT2D eigenvalue weighted by molar-refractivity contribution is 0.0697. The third-order valence-electron chi connectivity index (χ3n) is 3.96. The van der Waals surface area contributed by atoms with Crippen molar-refractivity contribution < 1.29 is 9.90 Å². The number of H-pyrrole nitrogens is 1. The van der Waals surface area contributed by atoms with E-state index in [1.165, 1.54) is 6.07 Å². The summed E-state index contributed by atoms with van der Waals surface area (Å²) < 4.78 is 0. The average Bonchev–Trinajstić information content (AvgIpc) is 3.15. The summed E-state index contributed by atoms with van der Waals surface area (Å²) in [6, 6.07) is 11.9. The number of nitrogens with zero attached hydrogens (tertiary/aromatic N) is 3. The first-order valence-corrected chi connectivity index (χ1v) is 8.51. The van der Waals surface area contributed by atoms with E-state index in [4.69, 9.17) is 11.6 Å². The number of fused-ring (bicyclic) bond motifs is 1. The van der Waals surface area contributed by atoms with Crippen molar-refractivity contribution in [1.29, 1.82) is 0 Å². The van der Waals surface area contributed by atoms with Gasteiger partial charge >= 0.3 is 5.97 Å². The Hall–Kier alpha value is -3.45. The highest BCUT2D eigenvalue weighted by molar-refractivity contribution is 6.31. The topological polar surface area (TPSA) is 104 Å². The molecule has 0 amide bonds. The van der Waals surface area contributed by atoms with Gasteiger partial charge in [0.1, 0.15) is 17.5 Å². The molecule has 27 heavy (non-hydrogen) atoms. The van der Waals surface area contributed by atoms with E-state index < -0.39 is 5.97 Å². The van der Waals surface area contributed by atoms with Gasteiger partial charge in [-0.15, -0.1) is 0 Å². The van der Waals surface area contributed by atoms with Crippen LogP contribution in [0.25, 0.3) is 10.9 Å². The predicted molar refractivity (Wildman–Crippen MR) is 103 cm³/mol. The fourth-order valence-corrected chi connectivity index (χ4v) is 2.91. The van der Waals surface area contributed by atoms with E-state index in [9.17, 15) is 9.90 Å². The molecule has 0 unspecified atom stereocenters. The standard InChI is InChI=1S/C19H14ClN5O2/c20-12-4-5-15-14(9-12)18(23-13-3-1-2-11(8-13)19(26)27)25-17(24-15)10-16-21-6-7-22-16/h1-9H,10H2,(H,21,22)(H,26,27)(H,23,24,25). The number of carbonyl (C=O) groups is 1. The minimum absolute atomic E-state index is 0.187. The number of rotatable bonds is 5. The van der Waals surface area contributed by atoms with Crippen LogP contribution < -0.4 is 5.32 Å². The van der Waals surface area contributed by atoms with Crippen LogP contribution in [0, 0.1) is 0 Å². The van der Waals surface area contributed by atoms with E-state index in [0.29, 0.717) is 28.8 Å². The number of benzene rings is 2.